The standard InChI is InChI=1S/C20H20FN7/c1-12-9-13(2)28(25-12)18-10-17(22-11-23-18)24-20-14(3)19(26-27(20)4)15-5-7-16(21)8-6-15/h5-11H,1-4H3,(H,22,23,24). The Morgan fingerprint density at radius 2 is 1.71 bits per heavy atom. The molecule has 28 heavy (non-hydrogen) atoms. The first-order chi connectivity index (χ1) is 13.4. The smallest absolute Gasteiger partial charge is 0.159 e. The minimum atomic E-state index is -0.270. The Labute approximate surface area is 161 Å². The van der Waals surface area contributed by atoms with Gasteiger partial charge in [0.15, 0.2) is 5.82 Å². The van der Waals surface area contributed by atoms with Crippen LogP contribution in [0.3, 0.4) is 0 Å². The second kappa shape index (κ2) is 6.88. The van der Waals surface area contributed by atoms with Crippen molar-refractivity contribution in [2.24, 2.45) is 7.05 Å². The van der Waals surface area contributed by atoms with E-state index in [1.807, 2.05) is 40.0 Å². The molecule has 1 N–H and O–H groups in total. The largest absolute Gasteiger partial charge is 0.325 e. The lowest BCUT2D eigenvalue weighted by Crippen LogP contribution is -2.06. The molecule has 3 aromatic heterocycles. The summed E-state index contributed by atoms with van der Waals surface area (Å²) in [6, 6.07) is 10.1. The zero-order valence-corrected chi connectivity index (χ0v) is 16.1. The van der Waals surface area contributed by atoms with Gasteiger partial charge in [0.05, 0.1) is 11.4 Å². The Hall–Kier alpha value is -3.55. The van der Waals surface area contributed by atoms with Crippen LogP contribution in [-0.2, 0) is 7.05 Å². The number of aryl methyl sites for hydroxylation is 3. The van der Waals surface area contributed by atoms with Crippen molar-refractivity contribution in [2.45, 2.75) is 20.8 Å². The van der Waals surface area contributed by atoms with Crippen LogP contribution >= 0.6 is 0 Å². The van der Waals surface area contributed by atoms with Crippen molar-refractivity contribution >= 4 is 11.6 Å². The lowest BCUT2D eigenvalue weighted by Gasteiger charge is -2.09. The molecular formula is C20H20FN7. The van der Waals surface area contributed by atoms with E-state index < -0.39 is 0 Å². The second-order valence-electron chi connectivity index (χ2n) is 6.68. The summed E-state index contributed by atoms with van der Waals surface area (Å²) in [7, 11) is 1.85. The lowest BCUT2D eigenvalue weighted by molar-refractivity contribution is 0.628. The second-order valence-corrected chi connectivity index (χ2v) is 6.68. The maximum absolute atomic E-state index is 13.2. The molecule has 0 unspecified atom stereocenters. The fourth-order valence-electron chi connectivity index (χ4n) is 3.20. The predicted octanol–water partition coefficient (Wildman–Crippen LogP) is 3.87. The van der Waals surface area contributed by atoms with E-state index in [4.69, 9.17) is 0 Å². The summed E-state index contributed by atoms with van der Waals surface area (Å²) in [5, 5.41) is 12.4. The van der Waals surface area contributed by atoms with E-state index in [-0.39, 0.29) is 5.82 Å². The summed E-state index contributed by atoms with van der Waals surface area (Å²) in [5.74, 6) is 1.85. The maximum atomic E-state index is 13.2. The summed E-state index contributed by atoms with van der Waals surface area (Å²) in [5.41, 5.74) is 4.52. The molecule has 0 aliphatic heterocycles. The molecule has 0 saturated heterocycles. The number of benzene rings is 1. The van der Waals surface area contributed by atoms with Crippen LogP contribution in [0.15, 0.2) is 42.7 Å². The molecule has 4 aromatic rings. The number of hydrogen-bond acceptors (Lipinski definition) is 5. The van der Waals surface area contributed by atoms with Crippen molar-refractivity contribution in [3.8, 4) is 17.1 Å². The van der Waals surface area contributed by atoms with Gasteiger partial charge in [-0.3, -0.25) is 4.68 Å². The van der Waals surface area contributed by atoms with Crippen molar-refractivity contribution in [1.82, 2.24) is 29.5 Å². The summed E-state index contributed by atoms with van der Waals surface area (Å²) in [6.07, 6.45) is 1.50. The maximum Gasteiger partial charge on any atom is 0.159 e. The van der Waals surface area contributed by atoms with Crippen LogP contribution in [0, 0.1) is 26.6 Å². The number of rotatable bonds is 4. The van der Waals surface area contributed by atoms with E-state index in [0.29, 0.717) is 11.6 Å². The van der Waals surface area contributed by atoms with Crippen molar-refractivity contribution < 1.29 is 4.39 Å². The van der Waals surface area contributed by atoms with Gasteiger partial charge in [0.1, 0.15) is 23.8 Å². The highest BCUT2D eigenvalue weighted by atomic mass is 19.1. The number of hydrogen-bond donors (Lipinski definition) is 1. The normalized spacial score (nSPS) is 11.0. The van der Waals surface area contributed by atoms with Crippen LogP contribution in [0.5, 0.6) is 0 Å². The van der Waals surface area contributed by atoms with Crippen molar-refractivity contribution in [1.29, 1.82) is 0 Å². The van der Waals surface area contributed by atoms with Crippen LogP contribution in [0.4, 0.5) is 16.0 Å². The van der Waals surface area contributed by atoms with E-state index >= 15 is 0 Å². The van der Waals surface area contributed by atoms with Gasteiger partial charge in [0.25, 0.3) is 0 Å². The molecule has 0 aliphatic rings. The molecular weight excluding hydrogens is 357 g/mol. The van der Waals surface area contributed by atoms with E-state index in [9.17, 15) is 4.39 Å². The van der Waals surface area contributed by atoms with Gasteiger partial charge >= 0.3 is 0 Å². The number of halogens is 1. The molecule has 142 valence electrons. The summed E-state index contributed by atoms with van der Waals surface area (Å²) < 4.78 is 16.8. The zero-order chi connectivity index (χ0) is 19.8. The minimum Gasteiger partial charge on any atom is -0.325 e. The van der Waals surface area contributed by atoms with Gasteiger partial charge in [-0.15, -0.1) is 0 Å². The SMILES string of the molecule is Cc1cc(C)n(-c2cc(Nc3c(C)c(-c4ccc(F)cc4)nn3C)ncn2)n1. The van der Waals surface area contributed by atoms with Gasteiger partial charge in [-0.25, -0.2) is 19.0 Å². The highest BCUT2D eigenvalue weighted by Crippen LogP contribution is 2.29. The average Bonchev–Trinajstić information content (AvgIpc) is 3.15. The van der Waals surface area contributed by atoms with Crippen LogP contribution in [0.1, 0.15) is 17.0 Å². The topological polar surface area (TPSA) is 73.5 Å². The quantitative estimate of drug-likeness (QED) is 0.584. The monoisotopic (exact) mass is 377 g/mol. The molecule has 3 heterocycles. The summed E-state index contributed by atoms with van der Waals surface area (Å²) >= 11 is 0. The number of nitrogens with one attached hydrogen (secondary N) is 1. The first-order valence-electron chi connectivity index (χ1n) is 8.84. The van der Waals surface area contributed by atoms with Gasteiger partial charge in [0, 0.05) is 29.9 Å². The van der Waals surface area contributed by atoms with E-state index in [1.54, 1.807) is 21.5 Å². The van der Waals surface area contributed by atoms with Crippen LogP contribution in [0.25, 0.3) is 17.1 Å². The summed E-state index contributed by atoms with van der Waals surface area (Å²) in [6.45, 7) is 5.90. The molecule has 0 fully saturated rings. The molecule has 1 aromatic carbocycles. The van der Waals surface area contributed by atoms with E-state index in [0.717, 1.165) is 34.0 Å². The Balaban J connectivity index is 1.67. The third-order valence-electron chi connectivity index (χ3n) is 4.53. The molecule has 0 atom stereocenters. The van der Waals surface area contributed by atoms with Crippen molar-refractivity contribution in [2.75, 3.05) is 5.32 Å². The molecule has 0 spiro atoms. The first-order valence-corrected chi connectivity index (χ1v) is 8.84. The van der Waals surface area contributed by atoms with Gasteiger partial charge in [0.2, 0.25) is 0 Å². The van der Waals surface area contributed by atoms with Gasteiger partial charge in [-0.1, -0.05) is 0 Å². The van der Waals surface area contributed by atoms with E-state index in [2.05, 4.69) is 25.5 Å². The van der Waals surface area contributed by atoms with Crippen molar-refractivity contribution in [3.63, 3.8) is 0 Å². The number of nitrogens with zero attached hydrogens (tertiary/aromatic N) is 6. The summed E-state index contributed by atoms with van der Waals surface area (Å²) in [4.78, 5) is 8.64. The van der Waals surface area contributed by atoms with Crippen molar-refractivity contribution in [3.05, 3.63) is 65.5 Å². The minimum absolute atomic E-state index is 0.270. The zero-order valence-electron chi connectivity index (χ0n) is 16.1. The average molecular weight is 377 g/mol. The third-order valence-corrected chi connectivity index (χ3v) is 4.53. The first kappa shape index (κ1) is 17.8. The Kier molecular flexibility index (Phi) is 4.38. The van der Waals surface area contributed by atoms with E-state index in [1.165, 1.54) is 18.5 Å². The molecule has 7 nitrogen and oxygen atoms in total. The predicted molar refractivity (Wildman–Crippen MR) is 105 cm³/mol. The molecule has 8 heteroatoms. The van der Waals surface area contributed by atoms with Gasteiger partial charge < -0.3 is 5.32 Å². The van der Waals surface area contributed by atoms with Crippen LogP contribution in [-0.4, -0.2) is 29.5 Å². The molecule has 0 aliphatic carbocycles. The Morgan fingerprint density at radius 3 is 2.39 bits per heavy atom. The van der Waals surface area contributed by atoms with Gasteiger partial charge in [-0.05, 0) is 51.1 Å². The molecule has 0 amide bonds. The molecule has 0 radical (unpaired) electrons. The lowest BCUT2D eigenvalue weighted by atomic mass is 10.1. The number of anilines is 2. The third kappa shape index (κ3) is 3.24. The molecule has 0 saturated carbocycles. The highest BCUT2D eigenvalue weighted by molar-refractivity contribution is 5.71. The van der Waals surface area contributed by atoms with Crippen LogP contribution in [0.2, 0.25) is 0 Å². The Bertz CT molecular complexity index is 1140. The number of aromatic nitrogens is 6. The Morgan fingerprint density at radius 1 is 0.964 bits per heavy atom. The fourth-order valence-corrected chi connectivity index (χ4v) is 3.20. The molecule has 4 rings (SSSR count). The molecule has 0 bridgehead atoms. The van der Waals surface area contributed by atoms with Crippen LogP contribution < -0.4 is 5.32 Å². The fraction of sp³-hybridized carbons (Fsp3) is 0.200. The van der Waals surface area contributed by atoms with Gasteiger partial charge in [-0.2, -0.15) is 10.2 Å². The highest BCUT2D eigenvalue weighted by Gasteiger charge is 2.15.